The maximum atomic E-state index is 6.37. The van der Waals surface area contributed by atoms with Crippen LogP contribution >= 0.6 is 0 Å². The fraction of sp³-hybridized carbons (Fsp3) is 0.429. The highest BCUT2D eigenvalue weighted by Crippen LogP contribution is 2.39. The molecule has 0 radical (unpaired) electrons. The van der Waals surface area contributed by atoms with Crippen LogP contribution in [0.5, 0.6) is 0 Å². The molecule has 1 aliphatic rings. The lowest BCUT2D eigenvalue weighted by molar-refractivity contribution is 0.00578. The highest BCUT2D eigenvalue weighted by atomic mass is 16.7. The number of hydrogen-bond donors (Lipinski definition) is 0. The van der Waals surface area contributed by atoms with Gasteiger partial charge in [0, 0.05) is 16.8 Å². The molecule has 0 spiro atoms. The van der Waals surface area contributed by atoms with E-state index in [2.05, 4.69) is 77.9 Å². The molecule has 130 valence electrons. The van der Waals surface area contributed by atoms with Crippen molar-refractivity contribution < 1.29 is 13.7 Å². The van der Waals surface area contributed by atoms with E-state index < -0.39 is 7.12 Å². The van der Waals surface area contributed by atoms with Crippen molar-refractivity contribution in [3.63, 3.8) is 0 Å². The Morgan fingerprint density at radius 1 is 0.880 bits per heavy atom. The van der Waals surface area contributed by atoms with Gasteiger partial charge in [-0.2, -0.15) is 0 Å². The molecule has 1 fully saturated rings. The van der Waals surface area contributed by atoms with Crippen molar-refractivity contribution in [3.05, 3.63) is 42.2 Å². The average Bonchev–Trinajstić information content (AvgIpc) is 3.02. The van der Waals surface area contributed by atoms with Gasteiger partial charge in [-0.1, -0.05) is 44.2 Å². The molecule has 4 rings (SSSR count). The van der Waals surface area contributed by atoms with E-state index in [9.17, 15) is 0 Å². The summed E-state index contributed by atoms with van der Waals surface area (Å²) in [5.74, 6) is 1.20. The fourth-order valence-corrected chi connectivity index (χ4v) is 3.53. The average molecular weight is 336 g/mol. The van der Waals surface area contributed by atoms with E-state index in [-0.39, 0.29) is 17.1 Å². The van der Waals surface area contributed by atoms with Crippen molar-refractivity contribution in [2.45, 2.75) is 58.7 Å². The summed E-state index contributed by atoms with van der Waals surface area (Å²) >= 11 is 0. The molecule has 2 heterocycles. The molecule has 25 heavy (non-hydrogen) atoms. The largest absolute Gasteiger partial charge is 0.499 e. The smallest absolute Gasteiger partial charge is 0.461 e. The Labute approximate surface area is 149 Å². The molecule has 1 saturated heterocycles. The summed E-state index contributed by atoms with van der Waals surface area (Å²) in [5.41, 5.74) is 1.19. The quantitative estimate of drug-likeness (QED) is 0.617. The molecule has 4 heteroatoms. The zero-order valence-electron chi connectivity index (χ0n) is 15.8. The Balaban J connectivity index is 2.02. The first kappa shape index (κ1) is 16.7. The number of fused-ring (bicyclic) bond motifs is 3. The number of furan rings is 1. The Hall–Kier alpha value is -1.78. The van der Waals surface area contributed by atoms with Crippen LogP contribution in [-0.4, -0.2) is 18.3 Å². The van der Waals surface area contributed by atoms with Crippen molar-refractivity contribution in [1.29, 1.82) is 0 Å². The second-order valence-corrected chi connectivity index (χ2v) is 8.28. The molecule has 0 bridgehead atoms. The molecule has 0 amide bonds. The van der Waals surface area contributed by atoms with E-state index in [1.807, 2.05) is 0 Å². The third-order valence-electron chi connectivity index (χ3n) is 5.66. The fourth-order valence-electron chi connectivity index (χ4n) is 3.53. The predicted octanol–water partition coefficient (Wildman–Crippen LogP) is 5.01. The van der Waals surface area contributed by atoms with Crippen LogP contribution in [-0.2, 0) is 9.31 Å². The van der Waals surface area contributed by atoms with Crippen molar-refractivity contribution in [2.75, 3.05) is 0 Å². The minimum atomic E-state index is -0.422. The highest BCUT2D eigenvalue weighted by Gasteiger charge is 2.53. The molecule has 1 aromatic heterocycles. The summed E-state index contributed by atoms with van der Waals surface area (Å²) in [5, 5.41) is 3.49. The molecule has 0 saturated carbocycles. The van der Waals surface area contributed by atoms with Gasteiger partial charge in [0.05, 0.1) is 11.2 Å². The maximum absolute atomic E-state index is 6.37. The Morgan fingerprint density at radius 3 is 2.16 bits per heavy atom. The third kappa shape index (κ3) is 2.43. The summed E-state index contributed by atoms with van der Waals surface area (Å²) in [6, 6.07) is 12.6. The van der Waals surface area contributed by atoms with Crippen molar-refractivity contribution in [2.24, 2.45) is 0 Å². The van der Waals surface area contributed by atoms with Crippen molar-refractivity contribution >= 4 is 34.3 Å². The van der Waals surface area contributed by atoms with E-state index >= 15 is 0 Å². The van der Waals surface area contributed by atoms with Crippen LogP contribution in [0.3, 0.4) is 0 Å². The van der Waals surface area contributed by atoms with Crippen LogP contribution in [0.2, 0.25) is 0 Å². The van der Waals surface area contributed by atoms with Gasteiger partial charge in [-0.25, -0.2) is 0 Å². The highest BCUT2D eigenvalue weighted by molar-refractivity contribution is 6.66. The van der Waals surface area contributed by atoms with Gasteiger partial charge in [-0.05, 0) is 44.5 Å². The van der Waals surface area contributed by atoms with Crippen LogP contribution in [0.15, 0.2) is 40.8 Å². The van der Waals surface area contributed by atoms with Crippen LogP contribution in [0, 0.1) is 0 Å². The molecule has 0 aliphatic carbocycles. The minimum Gasteiger partial charge on any atom is -0.461 e. The molecule has 1 aliphatic heterocycles. The first-order chi connectivity index (χ1) is 11.7. The molecule has 3 aromatic rings. The van der Waals surface area contributed by atoms with Gasteiger partial charge in [0.25, 0.3) is 0 Å². The van der Waals surface area contributed by atoms with E-state index in [0.29, 0.717) is 0 Å². The van der Waals surface area contributed by atoms with E-state index in [1.54, 1.807) is 0 Å². The molecular weight excluding hydrogens is 311 g/mol. The van der Waals surface area contributed by atoms with Gasteiger partial charge in [0.1, 0.15) is 11.3 Å². The van der Waals surface area contributed by atoms with Crippen LogP contribution in [0.1, 0.15) is 53.2 Å². The van der Waals surface area contributed by atoms with E-state index in [0.717, 1.165) is 22.2 Å². The van der Waals surface area contributed by atoms with E-state index in [4.69, 9.17) is 13.7 Å². The Bertz CT molecular complexity index is 936. The summed E-state index contributed by atoms with van der Waals surface area (Å²) in [6.45, 7) is 12.6. The summed E-state index contributed by atoms with van der Waals surface area (Å²) in [4.78, 5) is 0. The lowest BCUT2D eigenvalue weighted by Gasteiger charge is -2.32. The number of rotatable bonds is 2. The summed E-state index contributed by atoms with van der Waals surface area (Å²) < 4.78 is 19.0. The first-order valence-corrected chi connectivity index (χ1v) is 9.01. The molecule has 0 atom stereocenters. The second-order valence-electron chi connectivity index (χ2n) is 8.28. The molecule has 2 aromatic carbocycles. The van der Waals surface area contributed by atoms with Gasteiger partial charge >= 0.3 is 7.12 Å². The van der Waals surface area contributed by atoms with Gasteiger partial charge in [-0.15, -0.1) is 0 Å². The summed E-state index contributed by atoms with van der Waals surface area (Å²) in [7, 11) is -0.422. The van der Waals surface area contributed by atoms with Crippen LogP contribution in [0.4, 0.5) is 0 Å². The topological polar surface area (TPSA) is 31.6 Å². The van der Waals surface area contributed by atoms with E-state index in [1.165, 1.54) is 10.8 Å². The third-order valence-corrected chi connectivity index (χ3v) is 5.66. The monoisotopic (exact) mass is 336 g/mol. The van der Waals surface area contributed by atoms with Gasteiger partial charge in [0.2, 0.25) is 0 Å². The Kier molecular flexibility index (Phi) is 3.58. The predicted molar refractivity (Wildman–Crippen MR) is 104 cm³/mol. The number of hydrogen-bond acceptors (Lipinski definition) is 3. The Morgan fingerprint density at radius 2 is 1.52 bits per heavy atom. The lowest BCUT2D eigenvalue weighted by Crippen LogP contribution is -2.41. The second kappa shape index (κ2) is 5.36. The van der Waals surface area contributed by atoms with Crippen molar-refractivity contribution in [3.8, 4) is 0 Å². The first-order valence-electron chi connectivity index (χ1n) is 9.01. The van der Waals surface area contributed by atoms with Gasteiger partial charge < -0.3 is 13.7 Å². The lowest BCUT2D eigenvalue weighted by atomic mass is 9.74. The minimum absolute atomic E-state index is 0.250. The molecular formula is C21H25BO3. The van der Waals surface area contributed by atoms with Gasteiger partial charge in [0.15, 0.2) is 0 Å². The summed E-state index contributed by atoms with van der Waals surface area (Å²) in [6.07, 6.45) is 0. The van der Waals surface area contributed by atoms with Crippen LogP contribution < -0.4 is 5.46 Å². The van der Waals surface area contributed by atoms with Gasteiger partial charge in [-0.3, -0.25) is 0 Å². The van der Waals surface area contributed by atoms with Crippen molar-refractivity contribution in [1.82, 2.24) is 0 Å². The zero-order valence-corrected chi connectivity index (χ0v) is 15.8. The molecule has 3 nitrogen and oxygen atoms in total. The molecule has 0 unspecified atom stereocenters. The normalized spacial score (nSPS) is 19.4. The number of benzene rings is 2. The SMILES string of the molecule is CC(C)c1oc2ccc3ccccc3c2c1B1OC(C)(C)C(C)(C)O1. The zero-order chi connectivity index (χ0) is 18.0. The van der Waals surface area contributed by atoms with Crippen LogP contribution in [0.25, 0.3) is 21.7 Å². The maximum Gasteiger partial charge on any atom is 0.499 e. The molecule has 0 N–H and O–H groups in total. The standard InChI is InChI=1S/C21H25BO3/c1-13(2)19-18(22-24-20(3,4)21(5,6)25-22)17-15-10-8-7-9-14(15)11-12-16(17)23-19/h7-13H,1-6H3.